The van der Waals surface area contributed by atoms with Crippen molar-refractivity contribution in [3.8, 4) is 0 Å². The first-order valence-corrected chi connectivity index (χ1v) is 15.4. The molecule has 1 N–H and O–H groups in total. The first-order chi connectivity index (χ1) is 19.3. The predicted octanol–water partition coefficient (Wildman–Crippen LogP) is 5.40. The van der Waals surface area contributed by atoms with Crippen molar-refractivity contribution in [1.82, 2.24) is 10.2 Å². The number of carbonyl (C=O) groups is 2. The molecule has 0 unspecified atom stereocenters. The van der Waals surface area contributed by atoms with E-state index in [0.29, 0.717) is 28.9 Å². The third kappa shape index (κ3) is 9.32. The second kappa shape index (κ2) is 14.0. The summed E-state index contributed by atoms with van der Waals surface area (Å²) in [6, 6.07) is 18.9. The van der Waals surface area contributed by atoms with Gasteiger partial charge in [0.25, 0.3) is 0 Å². The molecule has 1 atom stereocenters. The number of nitrogens with zero attached hydrogens (tertiary/aromatic N) is 2. The number of carbonyl (C=O) groups excluding carboxylic acids is 2. The van der Waals surface area contributed by atoms with E-state index < -0.39 is 46.2 Å². The van der Waals surface area contributed by atoms with E-state index in [2.05, 4.69) is 21.2 Å². The molecule has 0 saturated heterocycles. The Bertz CT molecular complexity index is 1440. The van der Waals surface area contributed by atoms with Gasteiger partial charge in [-0.25, -0.2) is 8.42 Å². The van der Waals surface area contributed by atoms with Crippen LogP contribution in [0, 0.1) is 0 Å². The molecule has 3 aromatic carbocycles. The third-order valence-electron chi connectivity index (χ3n) is 6.23. The van der Waals surface area contributed by atoms with Crippen molar-refractivity contribution < 1.29 is 31.2 Å². The number of rotatable bonds is 12. The summed E-state index contributed by atoms with van der Waals surface area (Å²) >= 11 is 3.37. The second-order valence-corrected chi connectivity index (χ2v) is 12.3. The zero-order valence-electron chi connectivity index (χ0n) is 22.6. The number of anilines is 1. The summed E-state index contributed by atoms with van der Waals surface area (Å²) < 4.78 is 67.2. The molecule has 0 bridgehead atoms. The molecule has 220 valence electrons. The van der Waals surface area contributed by atoms with Crippen molar-refractivity contribution in [1.29, 1.82) is 0 Å². The van der Waals surface area contributed by atoms with E-state index in [-0.39, 0.29) is 18.7 Å². The summed E-state index contributed by atoms with van der Waals surface area (Å²) in [5, 5.41) is 2.83. The smallest absolute Gasteiger partial charge is 0.354 e. The van der Waals surface area contributed by atoms with Crippen LogP contribution in [0.4, 0.5) is 18.9 Å². The lowest BCUT2D eigenvalue weighted by Gasteiger charge is -2.33. The van der Waals surface area contributed by atoms with E-state index in [9.17, 15) is 31.2 Å². The van der Waals surface area contributed by atoms with Crippen LogP contribution in [0.2, 0.25) is 0 Å². The molecule has 2 amide bonds. The van der Waals surface area contributed by atoms with Crippen LogP contribution in [0.5, 0.6) is 0 Å². The lowest BCUT2D eigenvalue weighted by Crippen LogP contribution is -2.53. The molecule has 0 aliphatic rings. The number of halogens is 4. The number of sulfonamides is 1. The van der Waals surface area contributed by atoms with Crippen molar-refractivity contribution in [3.05, 3.63) is 100 Å². The number of nitrogens with one attached hydrogen (secondary N) is 1. The zero-order chi connectivity index (χ0) is 30.2. The van der Waals surface area contributed by atoms with Crippen molar-refractivity contribution in [3.63, 3.8) is 0 Å². The molecule has 0 aliphatic carbocycles. The largest absolute Gasteiger partial charge is 0.416 e. The summed E-state index contributed by atoms with van der Waals surface area (Å²) in [4.78, 5) is 28.7. The van der Waals surface area contributed by atoms with Crippen LogP contribution in [-0.2, 0) is 38.8 Å². The fourth-order valence-corrected chi connectivity index (χ4v) is 5.26. The SMILES string of the molecule is CCCNC(=O)[C@H](Cc1ccccc1)N(Cc1ccc(Br)cc1)C(=O)CN(c1cccc(C(F)(F)F)c1)S(C)(=O)=O. The summed E-state index contributed by atoms with van der Waals surface area (Å²) in [5.74, 6) is -1.17. The molecular formula is C29H31BrF3N3O4S. The van der Waals surface area contributed by atoms with Gasteiger partial charge in [-0.3, -0.25) is 13.9 Å². The molecular weight excluding hydrogens is 623 g/mol. The van der Waals surface area contributed by atoms with Crippen molar-refractivity contribution in [2.45, 2.75) is 38.5 Å². The highest BCUT2D eigenvalue weighted by Crippen LogP contribution is 2.32. The first-order valence-electron chi connectivity index (χ1n) is 12.8. The molecule has 0 radical (unpaired) electrons. The Labute approximate surface area is 246 Å². The zero-order valence-corrected chi connectivity index (χ0v) is 25.0. The van der Waals surface area contributed by atoms with Gasteiger partial charge in [-0.05, 0) is 47.9 Å². The Morgan fingerprint density at radius 1 is 0.951 bits per heavy atom. The van der Waals surface area contributed by atoms with Crippen molar-refractivity contribution >= 4 is 43.5 Å². The molecule has 0 spiro atoms. The van der Waals surface area contributed by atoms with E-state index >= 15 is 0 Å². The Morgan fingerprint density at radius 2 is 1.61 bits per heavy atom. The monoisotopic (exact) mass is 653 g/mol. The lowest BCUT2D eigenvalue weighted by molar-refractivity contribution is -0.140. The maximum atomic E-state index is 13.9. The summed E-state index contributed by atoms with van der Waals surface area (Å²) in [7, 11) is -4.19. The van der Waals surface area contributed by atoms with Gasteiger partial charge < -0.3 is 10.2 Å². The van der Waals surface area contributed by atoms with E-state index in [1.54, 1.807) is 36.4 Å². The van der Waals surface area contributed by atoms with E-state index in [1.807, 2.05) is 25.1 Å². The molecule has 0 saturated carbocycles. The third-order valence-corrected chi connectivity index (χ3v) is 7.90. The van der Waals surface area contributed by atoms with Gasteiger partial charge in [-0.1, -0.05) is 71.4 Å². The number of alkyl halides is 3. The van der Waals surface area contributed by atoms with Crippen LogP contribution >= 0.6 is 15.9 Å². The molecule has 3 rings (SSSR count). The minimum atomic E-state index is -4.71. The summed E-state index contributed by atoms with van der Waals surface area (Å²) in [5.41, 5.74) is 0.0847. The highest BCUT2D eigenvalue weighted by atomic mass is 79.9. The maximum absolute atomic E-state index is 13.9. The number of hydrogen-bond acceptors (Lipinski definition) is 4. The van der Waals surface area contributed by atoms with Gasteiger partial charge in [-0.2, -0.15) is 13.2 Å². The van der Waals surface area contributed by atoms with Crippen LogP contribution in [0.25, 0.3) is 0 Å². The Hall–Kier alpha value is -3.38. The topological polar surface area (TPSA) is 86.8 Å². The van der Waals surface area contributed by atoms with Gasteiger partial charge in [0.2, 0.25) is 21.8 Å². The highest BCUT2D eigenvalue weighted by molar-refractivity contribution is 9.10. The average Bonchev–Trinajstić information content (AvgIpc) is 2.92. The van der Waals surface area contributed by atoms with Gasteiger partial charge in [-0.15, -0.1) is 0 Å². The molecule has 0 aliphatic heterocycles. The normalized spacial score (nSPS) is 12.4. The van der Waals surface area contributed by atoms with Crippen molar-refractivity contribution in [2.75, 3.05) is 23.7 Å². The molecule has 3 aromatic rings. The van der Waals surface area contributed by atoms with Crippen LogP contribution in [0.3, 0.4) is 0 Å². The van der Waals surface area contributed by atoms with Gasteiger partial charge in [0.05, 0.1) is 17.5 Å². The second-order valence-electron chi connectivity index (χ2n) is 9.46. The van der Waals surface area contributed by atoms with Gasteiger partial charge in [0, 0.05) is 24.0 Å². The van der Waals surface area contributed by atoms with Gasteiger partial charge in [0.15, 0.2) is 0 Å². The molecule has 41 heavy (non-hydrogen) atoms. The first kappa shape index (κ1) is 32.1. The Morgan fingerprint density at radius 3 is 2.20 bits per heavy atom. The van der Waals surface area contributed by atoms with Crippen LogP contribution in [0.1, 0.15) is 30.0 Å². The number of benzene rings is 3. The molecule has 0 aromatic heterocycles. The summed E-state index contributed by atoms with van der Waals surface area (Å²) in [6.07, 6.45) is -3.10. The molecule has 0 fully saturated rings. The van der Waals surface area contributed by atoms with E-state index in [4.69, 9.17) is 0 Å². The number of hydrogen-bond donors (Lipinski definition) is 1. The highest BCUT2D eigenvalue weighted by Gasteiger charge is 2.35. The minimum Gasteiger partial charge on any atom is -0.354 e. The predicted molar refractivity (Wildman–Crippen MR) is 156 cm³/mol. The van der Waals surface area contributed by atoms with Gasteiger partial charge >= 0.3 is 6.18 Å². The average molecular weight is 655 g/mol. The quantitative estimate of drug-likeness (QED) is 0.284. The Balaban J connectivity index is 2.06. The maximum Gasteiger partial charge on any atom is 0.416 e. The van der Waals surface area contributed by atoms with E-state index in [1.165, 1.54) is 11.0 Å². The Kier molecular flexibility index (Phi) is 11.0. The fraction of sp³-hybridized carbons (Fsp3) is 0.310. The van der Waals surface area contributed by atoms with Gasteiger partial charge in [0.1, 0.15) is 12.6 Å². The summed E-state index contributed by atoms with van der Waals surface area (Å²) in [6.45, 7) is 1.41. The van der Waals surface area contributed by atoms with E-state index in [0.717, 1.165) is 28.4 Å². The minimum absolute atomic E-state index is 0.0383. The fourth-order valence-electron chi connectivity index (χ4n) is 4.16. The molecule has 0 heterocycles. The van der Waals surface area contributed by atoms with Crippen LogP contribution < -0.4 is 9.62 Å². The standard InChI is InChI=1S/C29H31BrF3N3O4S/c1-3-16-34-28(38)26(17-21-8-5-4-6-9-21)35(19-22-12-14-24(30)15-13-22)27(37)20-36(41(2,39)40)25-11-7-10-23(18-25)29(31,32)33/h4-15,18,26H,3,16-17,19-20H2,1-2H3,(H,34,38)/t26-/m0/s1. The van der Waals surface area contributed by atoms with Crippen LogP contribution in [0.15, 0.2) is 83.3 Å². The lowest BCUT2D eigenvalue weighted by atomic mass is 10.0. The molecule has 7 nitrogen and oxygen atoms in total. The van der Waals surface area contributed by atoms with Crippen LogP contribution in [-0.4, -0.2) is 50.5 Å². The number of amides is 2. The molecule has 12 heteroatoms. The van der Waals surface area contributed by atoms with Crippen molar-refractivity contribution in [2.24, 2.45) is 0 Å².